The van der Waals surface area contributed by atoms with Crippen LogP contribution in [0.4, 0.5) is 10.1 Å². The molecule has 4 rings (SSSR count). The molecule has 1 saturated heterocycles. The van der Waals surface area contributed by atoms with E-state index in [9.17, 15) is 9.50 Å². The van der Waals surface area contributed by atoms with Crippen molar-refractivity contribution in [2.45, 2.75) is 52.2 Å². The van der Waals surface area contributed by atoms with E-state index in [0.717, 1.165) is 44.2 Å². The zero-order valence-corrected chi connectivity index (χ0v) is 17.5. The van der Waals surface area contributed by atoms with E-state index in [1.54, 1.807) is 0 Å². The van der Waals surface area contributed by atoms with Gasteiger partial charge in [0.25, 0.3) is 0 Å². The molecule has 0 amide bonds. The maximum atomic E-state index is 13.1. The van der Waals surface area contributed by atoms with Gasteiger partial charge in [-0.2, -0.15) is 0 Å². The lowest BCUT2D eigenvalue weighted by molar-refractivity contribution is -0.0794. The number of hydrogen-bond donors (Lipinski definition) is 1. The lowest BCUT2D eigenvalue weighted by Crippen LogP contribution is -2.49. The Bertz CT molecular complexity index is 672. The zero-order chi connectivity index (χ0) is 19.9. The van der Waals surface area contributed by atoms with Crippen molar-refractivity contribution in [2.75, 3.05) is 44.2 Å². The highest BCUT2D eigenvalue weighted by Crippen LogP contribution is 2.66. The number of rotatable bonds is 6. The van der Waals surface area contributed by atoms with Crippen molar-refractivity contribution < 1.29 is 14.2 Å². The smallest absolute Gasteiger partial charge is 0.123 e. The summed E-state index contributed by atoms with van der Waals surface area (Å²) in [5, 5.41) is 10.5. The predicted octanol–water partition coefficient (Wildman–Crippen LogP) is 3.54. The van der Waals surface area contributed by atoms with Crippen LogP contribution in [-0.4, -0.2) is 61.5 Å². The van der Waals surface area contributed by atoms with E-state index in [2.05, 4.69) is 30.6 Å². The first-order chi connectivity index (χ1) is 13.3. The molecule has 2 aliphatic carbocycles. The first-order valence-corrected chi connectivity index (χ1v) is 10.8. The van der Waals surface area contributed by atoms with Crippen LogP contribution in [0, 0.1) is 22.6 Å². The molecule has 1 aromatic rings. The Morgan fingerprint density at radius 1 is 1.14 bits per heavy atom. The summed E-state index contributed by atoms with van der Waals surface area (Å²) in [6.45, 7) is 11.9. The summed E-state index contributed by atoms with van der Waals surface area (Å²) in [6.07, 6.45) is 3.56. The molecule has 0 aromatic heterocycles. The van der Waals surface area contributed by atoms with E-state index in [4.69, 9.17) is 4.74 Å². The monoisotopic (exact) mass is 390 g/mol. The van der Waals surface area contributed by atoms with Crippen LogP contribution in [-0.2, 0) is 4.74 Å². The largest absolute Gasteiger partial charge is 0.389 e. The number of aliphatic hydroxyl groups is 1. The fraction of sp³-hybridized carbons (Fsp3) is 0.739. The summed E-state index contributed by atoms with van der Waals surface area (Å²) in [7, 11) is 0. The first kappa shape index (κ1) is 20.1. The molecule has 0 radical (unpaired) electrons. The minimum Gasteiger partial charge on any atom is -0.389 e. The summed E-state index contributed by atoms with van der Waals surface area (Å²) in [6, 6.07) is 6.71. The van der Waals surface area contributed by atoms with Gasteiger partial charge in [0.2, 0.25) is 0 Å². The lowest BCUT2D eigenvalue weighted by Gasteiger charge is -2.39. The number of ether oxygens (including phenoxy) is 1. The Kier molecular flexibility index (Phi) is 5.45. The van der Waals surface area contributed by atoms with Gasteiger partial charge in [-0.15, -0.1) is 0 Å². The third kappa shape index (κ3) is 3.57. The number of halogens is 1. The average Bonchev–Trinajstić information content (AvgIpc) is 3.01. The molecule has 4 atom stereocenters. The third-order valence-corrected chi connectivity index (χ3v) is 8.24. The molecule has 2 bridgehead atoms. The molecule has 5 heteroatoms. The van der Waals surface area contributed by atoms with Crippen molar-refractivity contribution in [2.24, 2.45) is 16.7 Å². The molecule has 2 saturated carbocycles. The quantitative estimate of drug-likeness (QED) is 0.806. The Morgan fingerprint density at radius 3 is 2.39 bits per heavy atom. The summed E-state index contributed by atoms with van der Waals surface area (Å²) >= 11 is 0. The van der Waals surface area contributed by atoms with Gasteiger partial charge in [0, 0.05) is 38.4 Å². The zero-order valence-electron chi connectivity index (χ0n) is 17.5. The van der Waals surface area contributed by atoms with E-state index in [1.807, 2.05) is 12.1 Å². The summed E-state index contributed by atoms with van der Waals surface area (Å²) in [5.41, 5.74) is 1.66. The Morgan fingerprint density at radius 2 is 1.82 bits per heavy atom. The van der Waals surface area contributed by atoms with Gasteiger partial charge in [-0.1, -0.05) is 20.8 Å². The number of benzene rings is 1. The van der Waals surface area contributed by atoms with Crippen LogP contribution >= 0.6 is 0 Å². The van der Waals surface area contributed by atoms with Gasteiger partial charge in [-0.3, -0.25) is 4.90 Å². The number of anilines is 1. The molecule has 0 spiro atoms. The number of fused-ring (bicyclic) bond motifs is 2. The van der Waals surface area contributed by atoms with Crippen molar-refractivity contribution >= 4 is 5.69 Å². The van der Waals surface area contributed by atoms with E-state index in [0.29, 0.717) is 18.6 Å². The number of aliphatic hydroxyl groups excluding tert-OH is 1. The van der Waals surface area contributed by atoms with Crippen molar-refractivity contribution in [3.05, 3.63) is 30.1 Å². The molecular weight excluding hydrogens is 355 g/mol. The number of hydrogen-bond acceptors (Lipinski definition) is 4. The predicted molar refractivity (Wildman–Crippen MR) is 110 cm³/mol. The van der Waals surface area contributed by atoms with Crippen LogP contribution in [0.2, 0.25) is 0 Å². The van der Waals surface area contributed by atoms with Crippen LogP contribution in [0.25, 0.3) is 0 Å². The molecule has 1 heterocycles. The lowest BCUT2D eigenvalue weighted by atomic mass is 9.70. The maximum absolute atomic E-state index is 13.1. The molecule has 156 valence electrons. The van der Waals surface area contributed by atoms with Crippen LogP contribution < -0.4 is 4.90 Å². The second kappa shape index (κ2) is 7.58. The summed E-state index contributed by atoms with van der Waals surface area (Å²) in [5.74, 6) is 0.567. The molecule has 1 aromatic carbocycles. The van der Waals surface area contributed by atoms with Crippen LogP contribution in [0.5, 0.6) is 0 Å². The number of β-amino-alcohol motifs (C(OH)–C–C–N with tert-alkyl or cyclic N) is 1. The second-order valence-electron chi connectivity index (χ2n) is 9.85. The van der Waals surface area contributed by atoms with E-state index >= 15 is 0 Å². The number of piperazine rings is 1. The van der Waals surface area contributed by atoms with E-state index in [-0.39, 0.29) is 17.3 Å². The highest BCUT2D eigenvalue weighted by Gasteiger charge is 2.61. The summed E-state index contributed by atoms with van der Waals surface area (Å²) < 4.78 is 19.4. The molecule has 1 aliphatic heterocycles. The molecule has 28 heavy (non-hydrogen) atoms. The molecule has 1 N–H and O–H groups in total. The second-order valence-corrected chi connectivity index (χ2v) is 9.85. The average molecular weight is 391 g/mol. The fourth-order valence-corrected chi connectivity index (χ4v) is 5.80. The Balaban J connectivity index is 1.21. The highest BCUT2D eigenvalue weighted by atomic mass is 19.1. The third-order valence-electron chi connectivity index (χ3n) is 8.24. The van der Waals surface area contributed by atoms with Crippen molar-refractivity contribution in [1.82, 2.24) is 4.90 Å². The normalized spacial score (nSPS) is 33.4. The Hall–Kier alpha value is -1.17. The molecule has 0 unspecified atom stereocenters. The van der Waals surface area contributed by atoms with Crippen LogP contribution in [0.15, 0.2) is 24.3 Å². The van der Waals surface area contributed by atoms with Gasteiger partial charge in [-0.25, -0.2) is 4.39 Å². The highest BCUT2D eigenvalue weighted by molar-refractivity contribution is 5.46. The fourth-order valence-electron chi connectivity index (χ4n) is 5.80. The van der Waals surface area contributed by atoms with Crippen molar-refractivity contribution in [3.63, 3.8) is 0 Å². The standard InChI is InChI=1S/C23H35FN2O2/c1-22(2)17-8-9-23(22,3)21(14-17)28-16-20(27)15-25-10-12-26(13-11-25)19-6-4-18(24)5-7-19/h4-7,17,20-21,27H,8-16H2,1-3H3/t17-,20-,21-,23-/m1/s1. The van der Waals surface area contributed by atoms with Crippen LogP contribution in [0.3, 0.4) is 0 Å². The topological polar surface area (TPSA) is 35.9 Å². The Labute approximate surface area is 168 Å². The van der Waals surface area contributed by atoms with Gasteiger partial charge in [0.05, 0.1) is 18.8 Å². The number of nitrogens with zero attached hydrogens (tertiary/aromatic N) is 2. The SMILES string of the molecule is CC1(C)[C@@H]2CC[C@]1(C)[C@H](OC[C@H](O)CN1CCN(c3ccc(F)cc3)CC1)C2. The van der Waals surface area contributed by atoms with Gasteiger partial charge in [-0.05, 0) is 60.3 Å². The van der Waals surface area contributed by atoms with Gasteiger partial charge < -0.3 is 14.7 Å². The molecular formula is C23H35FN2O2. The van der Waals surface area contributed by atoms with Crippen LogP contribution in [0.1, 0.15) is 40.0 Å². The molecule has 3 aliphatic rings. The minimum atomic E-state index is -0.441. The van der Waals surface area contributed by atoms with Gasteiger partial charge in [0.1, 0.15) is 5.82 Å². The molecule has 3 fully saturated rings. The van der Waals surface area contributed by atoms with Gasteiger partial charge in [0.15, 0.2) is 0 Å². The van der Waals surface area contributed by atoms with E-state index < -0.39 is 6.10 Å². The first-order valence-electron chi connectivity index (χ1n) is 10.8. The summed E-state index contributed by atoms with van der Waals surface area (Å²) in [4.78, 5) is 4.58. The van der Waals surface area contributed by atoms with Crippen molar-refractivity contribution in [3.8, 4) is 0 Å². The minimum absolute atomic E-state index is 0.196. The van der Waals surface area contributed by atoms with Gasteiger partial charge >= 0.3 is 0 Å². The van der Waals surface area contributed by atoms with Crippen molar-refractivity contribution in [1.29, 1.82) is 0 Å². The maximum Gasteiger partial charge on any atom is 0.123 e. The molecule has 4 nitrogen and oxygen atoms in total. The van der Waals surface area contributed by atoms with E-state index in [1.165, 1.54) is 25.0 Å².